The van der Waals surface area contributed by atoms with Crippen LogP contribution in [0.1, 0.15) is 29.0 Å². The zero-order valence-corrected chi connectivity index (χ0v) is 14.5. The molecule has 2 amide bonds. The van der Waals surface area contributed by atoms with Gasteiger partial charge in [0, 0.05) is 11.6 Å². The van der Waals surface area contributed by atoms with Gasteiger partial charge in [-0.05, 0) is 38.0 Å². The van der Waals surface area contributed by atoms with Crippen molar-refractivity contribution in [2.75, 3.05) is 0 Å². The summed E-state index contributed by atoms with van der Waals surface area (Å²) in [4.78, 5) is 24.2. The van der Waals surface area contributed by atoms with E-state index in [2.05, 4.69) is 5.32 Å². The summed E-state index contributed by atoms with van der Waals surface area (Å²) in [6.45, 7) is 1.72. The third-order valence-electron chi connectivity index (χ3n) is 4.42. The minimum atomic E-state index is -0.407. The second kappa shape index (κ2) is 7.15. The van der Waals surface area contributed by atoms with Crippen LogP contribution < -0.4 is 11.1 Å². The van der Waals surface area contributed by atoms with Crippen molar-refractivity contribution in [3.05, 3.63) is 58.8 Å². The topological polar surface area (TPSA) is 85.3 Å². The molecular formula is C19H19ClN2O3. The van der Waals surface area contributed by atoms with Crippen LogP contribution in [0, 0.1) is 12.8 Å². The first-order valence-corrected chi connectivity index (χ1v) is 8.45. The van der Waals surface area contributed by atoms with Gasteiger partial charge in [0.15, 0.2) is 0 Å². The highest BCUT2D eigenvalue weighted by Gasteiger charge is 2.29. The van der Waals surface area contributed by atoms with E-state index in [1.165, 1.54) is 0 Å². The highest BCUT2D eigenvalue weighted by Crippen LogP contribution is 2.31. The molecule has 1 aliphatic rings. The Labute approximate surface area is 150 Å². The first-order valence-electron chi connectivity index (χ1n) is 8.08. The van der Waals surface area contributed by atoms with Crippen molar-refractivity contribution < 1.29 is 14.0 Å². The summed E-state index contributed by atoms with van der Waals surface area (Å²) in [7, 11) is 0. The molecule has 0 spiro atoms. The van der Waals surface area contributed by atoms with Crippen LogP contribution in [-0.4, -0.2) is 17.9 Å². The summed E-state index contributed by atoms with van der Waals surface area (Å²) in [6.07, 6.45) is 4.97. The molecule has 3 N–H and O–H groups in total. The number of rotatable bonds is 4. The van der Waals surface area contributed by atoms with Crippen molar-refractivity contribution in [2.24, 2.45) is 11.7 Å². The molecule has 1 aromatic carbocycles. The fraction of sp³-hybridized carbons (Fsp3) is 0.263. The van der Waals surface area contributed by atoms with Crippen LogP contribution in [0.25, 0.3) is 11.3 Å². The highest BCUT2D eigenvalue weighted by atomic mass is 35.5. The third kappa shape index (κ3) is 3.61. The molecule has 130 valence electrons. The van der Waals surface area contributed by atoms with Gasteiger partial charge in [0.25, 0.3) is 5.91 Å². The third-order valence-corrected chi connectivity index (χ3v) is 4.75. The summed E-state index contributed by atoms with van der Waals surface area (Å²) < 4.78 is 5.72. The number of furan rings is 1. The standard InChI is InChI=1S/C19H19ClN2O3/c1-11-14(10-17(25-11)12-6-2-4-8-15(12)20)19(24)22-16-9-5-3-7-13(16)18(21)23/h2-6,8,10,13,16H,7,9H2,1H3,(H2,21,23)(H,22,24)/t13-,16+/m0/s1. The maximum Gasteiger partial charge on any atom is 0.255 e. The molecule has 0 saturated heterocycles. The predicted molar refractivity (Wildman–Crippen MR) is 96.2 cm³/mol. The van der Waals surface area contributed by atoms with E-state index in [4.69, 9.17) is 21.8 Å². The molecule has 1 heterocycles. The Kier molecular flexibility index (Phi) is 4.95. The van der Waals surface area contributed by atoms with Crippen LogP contribution in [0.4, 0.5) is 0 Å². The Bertz CT molecular complexity index is 841. The van der Waals surface area contributed by atoms with E-state index in [0.717, 1.165) is 5.56 Å². The van der Waals surface area contributed by atoms with Crippen LogP contribution in [0.3, 0.4) is 0 Å². The van der Waals surface area contributed by atoms with Gasteiger partial charge in [0.1, 0.15) is 11.5 Å². The van der Waals surface area contributed by atoms with Gasteiger partial charge in [-0.2, -0.15) is 0 Å². The zero-order chi connectivity index (χ0) is 18.0. The smallest absolute Gasteiger partial charge is 0.255 e. The zero-order valence-electron chi connectivity index (χ0n) is 13.8. The molecule has 6 heteroatoms. The van der Waals surface area contributed by atoms with Crippen LogP contribution in [0.15, 0.2) is 46.9 Å². The molecule has 0 radical (unpaired) electrons. The molecule has 2 atom stereocenters. The Morgan fingerprint density at radius 2 is 1.96 bits per heavy atom. The number of hydrogen-bond donors (Lipinski definition) is 2. The molecule has 5 nitrogen and oxygen atoms in total. The van der Waals surface area contributed by atoms with E-state index >= 15 is 0 Å². The second-order valence-corrected chi connectivity index (χ2v) is 6.50. The molecule has 0 unspecified atom stereocenters. The molecule has 0 aliphatic heterocycles. The Morgan fingerprint density at radius 1 is 1.24 bits per heavy atom. The quantitative estimate of drug-likeness (QED) is 0.821. The number of carbonyl (C=O) groups excluding carboxylic acids is 2. The molecule has 2 aromatic rings. The van der Waals surface area contributed by atoms with E-state index in [0.29, 0.717) is 34.9 Å². The number of amides is 2. The number of halogens is 1. The average Bonchev–Trinajstić information content (AvgIpc) is 2.97. The van der Waals surface area contributed by atoms with E-state index in [9.17, 15) is 9.59 Å². The van der Waals surface area contributed by atoms with Gasteiger partial charge in [-0.3, -0.25) is 9.59 Å². The van der Waals surface area contributed by atoms with Gasteiger partial charge in [0.2, 0.25) is 5.91 Å². The fourth-order valence-corrected chi connectivity index (χ4v) is 3.26. The SMILES string of the molecule is Cc1oc(-c2ccccc2Cl)cc1C(=O)N[C@@H]1CC=CC[C@@H]1C(N)=O. The monoisotopic (exact) mass is 358 g/mol. The first-order chi connectivity index (χ1) is 12.0. The minimum Gasteiger partial charge on any atom is -0.460 e. The summed E-state index contributed by atoms with van der Waals surface area (Å²) >= 11 is 6.19. The number of allylic oxidation sites excluding steroid dienone is 1. The van der Waals surface area contributed by atoms with Crippen molar-refractivity contribution >= 4 is 23.4 Å². The molecule has 0 saturated carbocycles. The number of primary amides is 1. The van der Waals surface area contributed by atoms with Crippen molar-refractivity contribution in [2.45, 2.75) is 25.8 Å². The largest absolute Gasteiger partial charge is 0.460 e. The minimum absolute atomic E-state index is 0.286. The summed E-state index contributed by atoms with van der Waals surface area (Å²) in [6, 6.07) is 8.63. The van der Waals surface area contributed by atoms with Gasteiger partial charge < -0.3 is 15.5 Å². The molecule has 0 fully saturated rings. The summed E-state index contributed by atoms with van der Waals surface area (Å²) in [5.74, 6) is -0.0664. The first kappa shape index (κ1) is 17.3. The fourth-order valence-electron chi connectivity index (χ4n) is 3.04. The number of aryl methyl sites for hydroxylation is 1. The number of nitrogens with one attached hydrogen (secondary N) is 1. The maximum atomic E-state index is 12.7. The van der Waals surface area contributed by atoms with Crippen molar-refractivity contribution in [3.63, 3.8) is 0 Å². The van der Waals surface area contributed by atoms with Crippen LogP contribution in [0.5, 0.6) is 0 Å². The molecule has 0 bridgehead atoms. The van der Waals surface area contributed by atoms with Gasteiger partial charge in [-0.15, -0.1) is 0 Å². The molecule has 1 aromatic heterocycles. The van der Waals surface area contributed by atoms with Crippen molar-refractivity contribution in [1.82, 2.24) is 5.32 Å². The average molecular weight is 359 g/mol. The van der Waals surface area contributed by atoms with E-state index in [1.807, 2.05) is 30.4 Å². The van der Waals surface area contributed by atoms with E-state index in [-0.39, 0.29) is 11.9 Å². The van der Waals surface area contributed by atoms with Crippen molar-refractivity contribution in [1.29, 1.82) is 0 Å². The lowest BCUT2D eigenvalue weighted by Gasteiger charge is -2.26. The number of nitrogens with two attached hydrogens (primary N) is 1. The Hall–Kier alpha value is -2.53. The van der Waals surface area contributed by atoms with E-state index in [1.54, 1.807) is 19.1 Å². The Balaban J connectivity index is 1.82. The van der Waals surface area contributed by atoms with E-state index < -0.39 is 11.8 Å². The van der Waals surface area contributed by atoms with Gasteiger partial charge in [0.05, 0.1) is 16.5 Å². The molecule has 25 heavy (non-hydrogen) atoms. The Morgan fingerprint density at radius 3 is 2.68 bits per heavy atom. The number of hydrogen-bond acceptors (Lipinski definition) is 3. The lowest BCUT2D eigenvalue weighted by atomic mass is 9.88. The van der Waals surface area contributed by atoms with Crippen LogP contribution in [0.2, 0.25) is 5.02 Å². The number of carbonyl (C=O) groups is 2. The predicted octanol–water partition coefficient (Wildman–Crippen LogP) is 3.46. The van der Waals surface area contributed by atoms with Gasteiger partial charge >= 0.3 is 0 Å². The van der Waals surface area contributed by atoms with Crippen molar-refractivity contribution in [3.8, 4) is 11.3 Å². The van der Waals surface area contributed by atoms with Crippen LogP contribution in [-0.2, 0) is 4.79 Å². The summed E-state index contributed by atoms with van der Waals surface area (Å²) in [5.41, 5.74) is 6.59. The molecule has 3 rings (SSSR count). The molecular weight excluding hydrogens is 340 g/mol. The second-order valence-electron chi connectivity index (χ2n) is 6.09. The highest BCUT2D eigenvalue weighted by molar-refractivity contribution is 6.33. The number of benzene rings is 1. The lowest BCUT2D eigenvalue weighted by molar-refractivity contribution is -0.122. The maximum absolute atomic E-state index is 12.7. The van der Waals surface area contributed by atoms with Crippen LogP contribution >= 0.6 is 11.6 Å². The normalized spacial score (nSPS) is 19.6. The molecule has 1 aliphatic carbocycles. The lowest BCUT2D eigenvalue weighted by Crippen LogP contribution is -2.46. The van der Waals surface area contributed by atoms with Gasteiger partial charge in [-0.25, -0.2) is 0 Å². The van der Waals surface area contributed by atoms with Gasteiger partial charge in [-0.1, -0.05) is 35.9 Å². The summed E-state index contributed by atoms with van der Waals surface area (Å²) in [5, 5.41) is 3.45.